The van der Waals surface area contributed by atoms with Gasteiger partial charge in [0.05, 0.1) is 11.1 Å². The van der Waals surface area contributed by atoms with Crippen LogP contribution < -0.4 is 0 Å². The number of halogens is 3. The van der Waals surface area contributed by atoms with Gasteiger partial charge in [-0.15, -0.1) is 11.3 Å². The molecule has 2 heterocycles. The molecule has 2 aromatic heterocycles. The second-order valence-electron chi connectivity index (χ2n) is 3.46. The summed E-state index contributed by atoms with van der Waals surface area (Å²) in [6.45, 7) is 1.68. The van der Waals surface area contributed by atoms with E-state index in [-0.39, 0.29) is 4.88 Å². The van der Waals surface area contributed by atoms with Crippen LogP contribution in [0.15, 0.2) is 22.9 Å². The van der Waals surface area contributed by atoms with Gasteiger partial charge in [-0.3, -0.25) is 0 Å². The Balaban J connectivity index is 2.26. The molecule has 0 amide bonds. The summed E-state index contributed by atoms with van der Waals surface area (Å²) in [7, 11) is 0. The zero-order valence-corrected chi connectivity index (χ0v) is 9.47. The van der Waals surface area contributed by atoms with Gasteiger partial charge >= 0.3 is 6.18 Å². The van der Waals surface area contributed by atoms with E-state index in [0.29, 0.717) is 22.7 Å². The third-order valence-corrected chi connectivity index (χ3v) is 3.20. The van der Waals surface area contributed by atoms with Crippen LogP contribution in [0.5, 0.6) is 0 Å². The van der Waals surface area contributed by atoms with Crippen molar-refractivity contribution in [1.29, 1.82) is 0 Å². The van der Waals surface area contributed by atoms with Crippen LogP contribution in [0.25, 0.3) is 0 Å². The van der Waals surface area contributed by atoms with Crippen molar-refractivity contribution < 1.29 is 22.7 Å². The smallest absolute Gasteiger partial charge is 0.443 e. The molecule has 0 aromatic carbocycles. The molecule has 0 radical (unpaired) electrons. The molecule has 92 valence electrons. The molecule has 0 fully saturated rings. The highest BCUT2D eigenvalue weighted by Crippen LogP contribution is 2.36. The topological polar surface area (TPSA) is 46.3 Å². The summed E-state index contributed by atoms with van der Waals surface area (Å²) in [6, 6.07) is 1.57. The number of alkyl halides is 3. The highest BCUT2D eigenvalue weighted by Gasteiger charge is 2.35. The lowest BCUT2D eigenvalue weighted by molar-refractivity contribution is -0.137. The summed E-state index contributed by atoms with van der Waals surface area (Å²) in [4.78, 5) is 3.38. The van der Waals surface area contributed by atoms with E-state index < -0.39 is 17.3 Å². The van der Waals surface area contributed by atoms with Crippen molar-refractivity contribution >= 4 is 11.3 Å². The predicted octanol–water partition coefficient (Wildman–Crippen LogP) is 3.15. The second kappa shape index (κ2) is 4.15. The quantitative estimate of drug-likeness (QED) is 0.905. The fraction of sp³-hybridized carbons (Fsp3) is 0.300. The van der Waals surface area contributed by atoms with Crippen LogP contribution in [-0.2, 0) is 6.18 Å². The lowest BCUT2D eigenvalue weighted by atomic mass is 10.2. The van der Waals surface area contributed by atoms with Crippen molar-refractivity contribution in [3.8, 4) is 0 Å². The first-order valence-electron chi connectivity index (χ1n) is 4.64. The Kier molecular flexibility index (Phi) is 2.96. The van der Waals surface area contributed by atoms with Gasteiger partial charge in [-0.2, -0.15) is 13.2 Å². The molecule has 17 heavy (non-hydrogen) atoms. The van der Waals surface area contributed by atoms with Crippen LogP contribution in [0.1, 0.15) is 27.3 Å². The molecular formula is C10H8F3NO2S. The van der Waals surface area contributed by atoms with Crippen LogP contribution in [0.3, 0.4) is 0 Å². The third kappa shape index (κ3) is 2.50. The average Bonchev–Trinajstić information content (AvgIpc) is 2.83. The minimum atomic E-state index is -4.48. The lowest BCUT2D eigenvalue weighted by Gasteiger charge is -2.04. The minimum Gasteiger partial charge on any atom is -0.469 e. The normalized spacial score (nSPS) is 13.9. The highest BCUT2D eigenvalue weighted by atomic mass is 32.1. The fourth-order valence-corrected chi connectivity index (χ4v) is 2.11. The maximum absolute atomic E-state index is 12.3. The Morgan fingerprint density at radius 2 is 2.18 bits per heavy atom. The lowest BCUT2D eigenvalue weighted by Crippen LogP contribution is -2.03. The van der Waals surface area contributed by atoms with E-state index in [4.69, 9.17) is 4.42 Å². The Morgan fingerprint density at radius 3 is 2.65 bits per heavy atom. The number of aryl methyl sites for hydroxylation is 1. The van der Waals surface area contributed by atoms with Gasteiger partial charge in [0, 0.05) is 11.8 Å². The van der Waals surface area contributed by atoms with Crippen LogP contribution >= 0.6 is 11.3 Å². The largest absolute Gasteiger partial charge is 0.469 e. The third-order valence-electron chi connectivity index (χ3n) is 2.10. The Labute approximate surface area is 98.5 Å². The molecule has 2 rings (SSSR count). The van der Waals surface area contributed by atoms with Gasteiger partial charge in [0.1, 0.15) is 11.9 Å². The monoisotopic (exact) mass is 263 g/mol. The minimum absolute atomic E-state index is 0.137. The summed E-state index contributed by atoms with van der Waals surface area (Å²) in [6.07, 6.45) is -3.27. The molecule has 0 saturated carbocycles. The molecular weight excluding hydrogens is 255 g/mol. The zero-order valence-electron chi connectivity index (χ0n) is 8.65. The molecule has 0 saturated heterocycles. The average molecular weight is 263 g/mol. The maximum atomic E-state index is 12.3. The van der Waals surface area contributed by atoms with E-state index in [1.807, 2.05) is 0 Å². The molecule has 2 aromatic rings. The van der Waals surface area contributed by atoms with Gasteiger partial charge < -0.3 is 9.52 Å². The molecule has 0 aliphatic carbocycles. The van der Waals surface area contributed by atoms with Gasteiger partial charge in [-0.05, 0) is 13.0 Å². The van der Waals surface area contributed by atoms with Gasteiger partial charge in [-0.25, -0.2) is 4.98 Å². The van der Waals surface area contributed by atoms with Gasteiger partial charge in [0.15, 0.2) is 5.01 Å². The Hall–Kier alpha value is -1.34. The van der Waals surface area contributed by atoms with Crippen molar-refractivity contribution in [3.63, 3.8) is 0 Å². The molecule has 1 unspecified atom stereocenters. The molecule has 0 aliphatic heterocycles. The van der Waals surface area contributed by atoms with Gasteiger partial charge in [0.2, 0.25) is 0 Å². The Morgan fingerprint density at radius 1 is 1.47 bits per heavy atom. The number of nitrogens with zero attached hydrogens (tertiary/aromatic N) is 1. The molecule has 7 heteroatoms. The predicted molar refractivity (Wildman–Crippen MR) is 54.6 cm³/mol. The number of hydrogen-bond acceptors (Lipinski definition) is 4. The summed E-state index contributed by atoms with van der Waals surface area (Å²) in [5.74, 6) is 0.583. The van der Waals surface area contributed by atoms with Crippen molar-refractivity contribution in [2.24, 2.45) is 0 Å². The van der Waals surface area contributed by atoms with Crippen molar-refractivity contribution in [1.82, 2.24) is 4.98 Å². The number of thiazole rings is 1. The summed E-state index contributed by atoms with van der Waals surface area (Å²) < 4.78 is 41.9. The SMILES string of the molecule is Cc1cc(C(O)c2cnc(C(F)(F)F)s2)co1. The van der Waals surface area contributed by atoms with E-state index in [1.54, 1.807) is 13.0 Å². The molecule has 1 atom stereocenters. The first-order chi connectivity index (χ1) is 7.88. The maximum Gasteiger partial charge on any atom is 0.443 e. The first kappa shape index (κ1) is 12.1. The number of rotatable bonds is 2. The van der Waals surface area contributed by atoms with E-state index in [1.165, 1.54) is 6.26 Å². The molecule has 0 aliphatic rings. The van der Waals surface area contributed by atoms with E-state index >= 15 is 0 Å². The van der Waals surface area contributed by atoms with Crippen LogP contribution in [0.4, 0.5) is 13.2 Å². The summed E-state index contributed by atoms with van der Waals surface area (Å²) in [5.41, 5.74) is 0.417. The number of aliphatic hydroxyl groups is 1. The second-order valence-corrected chi connectivity index (χ2v) is 4.52. The highest BCUT2D eigenvalue weighted by molar-refractivity contribution is 7.11. The van der Waals surface area contributed by atoms with Crippen molar-refractivity contribution in [2.75, 3.05) is 0 Å². The van der Waals surface area contributed by atoms with E-state index in [2.05, 4.69) is 4.98 Å². The van der Waals surface area contributed by atoms with E-state index in [0.717, 1.165) is 6.20 Å². The van der Waals surface area contributed by atoms with Gasteiger partial charge in [0.25, 0.3) is 0 Å². The van der Waals surface area contributed by atoms with E-state index in [9.17, 15) is 18.3 Å². The van der Waals surface area contributed by atoms with Gasteiger partial charge in [-0.1, -0.05) is 0 Å². The van der Waals surface area contributed by atoms with Crippen molar-refractivity contribution in [3.05, 3.63) is 39.7 Å². The summed E-state index contributed by atoms with van der Waals surface area (Å²) in [5, 5.41) is 8.86. The number of furan rings is 1. The molecule has 0 bridgehead atoms. The summed E-state index contributed by atoms with van der Waals surface area (Å²) >= 11 is 0.424. The number of aliphatic hydroxyl groups excluding tert-OH is 1. The van der Waals surface area contributed by atoms with Crippen LogP contribution in [0, 0.1) is 6.92 Å². The van der Waals surface area contributed by atoms with Crippen LogP contribution in [-0.4, -0.2) is 10.1 Å². The molecule has 0 spiro atoms. The van der Waals surface area contributed by atoms with Crippen LogP contribution in [0.2, 0.25) is 0 Å². The standard InChI is InChI=1S/C10H8F3NO2S/c1-5-2-6(4-16-5)8(15)7-3-14-9(17-7)10(11,12)13/h2-4,8,15H,1H3. The number of aromatic nitrogens is 1. The number of hydrogen-bond donors (Lipinski definition) is 1. The molecule has 3 nitrogen and oxygen atoms in total. The first-order valence-corrected chi connectivity index (χ1v) is 5.45. The van der Waals surface area contributed by atoms with Crippen molar-refractivity contribution in [2.45, 2.75) is 19.2 Å². The molecule has 1 N–H and O–H groups in total. The zero-order chi connectivity index (χ0) is 12.6. The fourth-order valence-electron chi connectivity index (χ4n) is 1.32. The Bertz CT molecular complexity index is 518.